The summed E-state index contributed by atoms with van der Waals surface area (Å²) >= 11 is 6.25. The first-order valence-corrected chi connectivity index (χ1v) is 7.20. The fraction of sp³-hybridized carbons (Fsp3) is 0.188. The predicted molar refractivity (Wildman–Crippen MR) is 82.8 cm³/mol. The Kier molecular flexibility index (Phi) is 3.69. The molecule has 1 saturated heterocycles. The summed E-state index contributed by atoms with van der Waals surface area (Å²) in [6.07, 6.45) is 6.42. The molecule has 0 amide bonds. The zero-order valence-corrected chi connectivity index (χ0v) is 13.2. The van der Waals surface area contributed by atoms with Crippen LogP contribution < -0.4 is 0 Å². The Morgan fingerprint density at radius 3 is 2.48 bits per heavy atom. The maximum Gasteiger partial charge on any atom is 0.348 e. The normalized spacial score (nSPS) is 16.7. The summed E-state index contributed by atoms with van der Waals surface area (Å²) in [6.45, 7) is 2.99. The second kappa shape index (κ2) is 5.55. The number of benzene rings is 1. The third-order valence-electron chi connectivity index (χ3n) is 3.18. The van der Waals surface area contributed by atoms with Crippen LogP contribution in [0.25, 0.3) is 11.8 Å². The number of cyclic esters (lactones) is 2. The minimum Gasteiger partial charge on any atom is -0.419 e. The average molecular weight is 333 g/mol. The van der Waals surface area contributed by atoms with Gasteiger partial charge in [0, 0.05) is 26.2 Å². The van der Waals surface area contributed by atoms with Crippen molar-refractivity contribution in [1.29, 1.82) is 0 Å². The number of carbonyl (C=O) groups is 2. The number of halogens is 1. The molecule has 2 heterocycles. The summed E-state index contributed by atoms with van der Waals surface area (Å²) in [4.78, 5) is 27.8. The second-order valence-electron chi connectivity index (χ2n) is 5.42. The number of hydrogen-bond acceptors (Lipinski definition) is 5. The number of carbonyl (C=O) groups excluding carboxylic acids is 2. The minimum absolute atomic E-state index is 0.171. The van der Waals surface area contributed by atoms with Crippen molar-refractivity contribution in [1.82, 2.24) is 9.55 Å². The lowest BCUT2D eigenvalue weighted by Gasteiger charge is -2.29. The van der Waals surface area contributed by atoms with Gasteiger partial charge in [-0.05, 0) is 23.8 Å². The highest BCUT2D eigenvalue weighted by Gasteiger charge is 2.38. The Bertz CT molecular complexity index is 787. The Morgan fingerprint density at radius 1 is 1.22 bits per heavy atom. The molecule has 1 aromatic heterocycles. The molecule has 0 saturated carbocycles. The van der Waals surface area contributed by atoms with E-state index in [9.17, 15) is 9.59 Å². The molecule has 2 aromatic rings. The standard InChI is InChI=1S/C16H13ClN2O4/c1-16(2)22-14(20)11(15(21)23-16)7-10-3-4-13(12(17)8-10)19-6-5-18-9-19/h3-9H,1-2H3. The van der Waals surface area contributed by atoms with Gasteiger partial charge in [-0.2, -0.15) is 0 Å². The highest BCUT2D eigenvalue weighted by molar-refractivity contribution is 6.32. The summed E-state index contributed by atoms with van der Waals surface area (Å²) in [5, 5.41) is 0.454. The van der Waals surface area contributed by atoms with Crippen LogP contribution in [-0.4, -0.2) is 27.3 Å². The number of esters is 2. The highest BCUT2D eigenvalue weighted by Crippen LogP contribution is 2.26. The first-order valence-electron chi connectivity index (χ1n) is 6.82. The van der Waals surface area contributed by atoms with E-state index in [1.54, 1.807) is 41.5 Å². The van der Waals surface area contributed by atoms with Gasteiger partial charge in [0.05, 0.1) is 17.0 Å². The van der Waals surface area contributed by atoms with Gasteiger partial charge in [-0.1, -0.05) is 17.7 Å². The van der Waals surface area contributed by atoms with E-state index < -0.39 is 17.7 Å². The fourth-order valence-corrected chi connectivity index (χ4v) is 2.46. The van der Waals surface area contributed by atoms with Gasteiger partial charge in [0.2, 0.25) is 0 Å². The van der Waals surface area contributed by atoms with E-state index in [0.717, 1.165) is 5.69 Å². The molecule has 0 atom stereocenters. The topological polar surface area (TPSA) is 70.4 Å². The van der Waals surface area contributed by atoms with Crippen molar-refractivity contribution in [2.45, 2.75) is 19.6 Å². The second-order valence-corrected chi connectivity index (χ2v) is 5.82. The van der Waals surface area contributed by atoms with Crippen molar-refractivity contribution in [3.63, 3.8) is 0 Å². The van der Waals surface area contributed by atoms with Crippen LogP contribution in [0.5, 0.6) is 0 Å². The molecule has 1 aromatic carbocycles. The first-order chi connectivity index (χ1) is 10.9. The third-order valence-corrected chi connectivity index (χ3v) is 3.48. The molecule has 1 fully saturated rings. The van der Waals surface area contributed by atoms with Crippen LogP contribution in [-0.2, 0) is 19.1 Å². The molecule has 118 valence electrons. The quantitative estimate of drug-likeness (QED) is 0.480. The lowest BCUT2D eigenvalue weighted by Crippen LogP contribution is -2.41. The minimum atomic E-state index is -1.26. The summed E-state index contributed by atoms with van der Waals surface area (Å²) in [5.41, 5.74) is 1.15. The molecule has 0 spiro atoms. The van der Waals surface area contributed by atoms with Crippen molar-refractivity contribution < 1.29 is 19.1 Å². The molecule has 3 rings (SSSR count). The van der Waals surface area contributed by atoms with Crippen LogP contribution >= 0.6 is 11.6 Å². The van der Waals surface area contributed by atoms with E-state index in [1.165, 1.54) is 19.9 Å². The van der Waals surface area contributed by atoms with Crippen LogP contribution in [0.3, 0.4) is 0 Å². The van der Waals surface area contributed by atoms with Gasteiger partial charge >= 0.3 is 11.9 Å². The first kappa shape index (κ1) is 15.3. The number of imidazole rings is 1. The van der Waals surface area contributed by atoms with E-state index in [1.807, 2.05) is 0 Å². The molecule has 1 aliphatic rings. The van der Waals surface area contributed by atoms with Gasteiger partial charge in [0.15, 0.2) is 0 Å². The maximum absolute atomic E-state index is 11.9. The smallest absolute Gasteiger partial charge is 0.348 e. The van der Waals surface area contributed by atoms with Gasteiger partial charge < -0.3 is 14.0 Å². The molecule has 0 unspecified atom stereocenters. The fourth-order valence-electron chi connectivity index (χ4n) is 2.17. The van der Waals surface area contributed by atoms with Gasteiger partial charge in [-0.15, -0.1) is 0 Å². The van der Waals surface area contributed by atoms with Crippen LogP contribution in [0.15, 0.2) is 42.5 Å². The Morgan fingerprint density at radius 2 is 1.91 bits per heavy atom. The largest absolute Gasteiger partial charge is 0.419 e. The van der Waals surface area contributed by atoms with E-state index in [4.69, 9.17) is 21.1 Å². The van der Waals surface area contributed by atoms with Crippen molar-refractivity contribution in [2.75, 3.05) is 0 Å². The summed E-state index contributed by atoms with van der Waals surface area (Å²) in [7, 11) is 0. The Hall–Kier alpha value is -2.60. The predicted octanol–water partition coefficient (Wildman–Crippen LogP) is 2.75. The number of ether oxygens (including phenoxy) is 2. The van der Waals surface area contributed by atoms with Crippen LogP contribution in [0.2, 0.25) is 5.02 Å². The molecule has 6 nitrogen and oxygen atoms in total. The van der Waals surface area contributed by atoms with E-state index >= 15 is 0 Å². The average Bonchev–Trinajstić information content (AvgIpc) is 2.96. The van der Waals surface area contributed by atoms with E-state index in [0.29, 0.717) is 10.6 Å². The molecule has 0 aliphatic carbocycles. The third kappa shape index (κ3) is 3.12. The zero-order valence-electron chi connectivity index (χ0n) is 12.4. The molecular weight excluding hydrogens is 320 g/mol. The van der Waals surface area contributed by atoms with E-state index in [2.05, 4.69) is 4.98 Å². The van der Waals surface area contributed by atoms with Gasteiger partial charge in [0.1, 0.15) is 5.57 Å². The monoisotopic (exact) mass is 332 g/mol. The molecule has 0 bridgehead atoms. The molecule has 0 radical (unpaired) electrons. The van der Waals surface area contributed by atoms with Crippen molar-refractivity contribution in [3.8, 4) is 5.69 Å². The van der Waals surface area contributed by atoms with Crippen molar-refractivity contribution >= 4 is 29.6 Å². The van der Waals surface area contributed by atoms with Crippen molar-refractivity contribution in [3.05, 3.63) is 53.1 Å². The van der Waals surface area contributed by atoms with Crippen LogP contribution in [0.1, 0.15) is 19.4 Å². The molecule has 0 N–H and O–H groups in total. The number of hydrogen-bond donors (Lipinski definition) is 0. The number of rotatable bonds is 2. The van der Waals surface area contributed by atoms with E-state index in [-0.39, 0.29) is 5.57 Å². The number of nitrogens with zero attached hydrogens (tertiary/aromatic N) is 2. The molecule has 7 heteroatoms. The van der Waals surface area contributed by atoms with Gasteiger partial charge in [0.25, 0.3) is 5.79 Å². The maximum atomic E-state index is 11.9. The van der Waals surface area contributed by atoms with Gasteiger partial charge in [-0.25, -0.2) is 14.6 Å². The summed E-state index contributed by atoms with van der Waals surface area (Å²) in [6, 6.07) is 5.14. The van der Waals surface area contributed by atoms with Crippen molar-refractivity contribution in [2.24, 2.45) is 0 Å². The summed E-state index contributed by atoms with van der Waals surface area (Å²) in [5.74, 6) is -2.70. The van der Waals surface area contributed by atoms with Crippen LogP contribution in [0.4, 0.5) is 0 Å². The Labute approximate surface area is 137 Å². The molecular formula is C16H13ClN2O4. The van der Waals surface area contributed by atoms with Gasteiger partial charge in [-0.3, -0.25) is 0 Å². The number of aromatic nitrogens is 2. The SMILES string of the molecule is CC1(C)OC(=O)C(=Cc2ccc(-n3ccnc3)c(Cl)c2)C(=O)O1. The molecule has 1 aliphatic heterocycles. The lowest BCUT2D eigenvalue weighted by molar-refractivity contribution is -0.222. The Balaban J connectivity index is 1.93. The lowest BCUT2D eigenvalue weighted by atomic mass is 10.1. The highest BCUT2D eigenvalue weighted by atomic mass is 35.5. The molecule has 23 heavy (non-hydrogen) atoms. The summed E-state index contributed by atoms with van der Waals surface area (Å²) < 4.78 is 11.8. The van der Waals surface area contributed by atoms with Crippen LogP contribution in [0, 0.1) is 0 Å². The zero-order chi connectivity index (χ0) is 16.6.